The highest BCUT2D eigenvalue weighted by atomic mass is 16.4. The monoisotopic (exact) mass is 187 g/mol. The normalized spacial score (nSPS) is 15.8. The molecule has 0 aliphatic rings. The van der Waals surface area contributed by atoms with Crippen LogP contribution in [0.1, 0.15) is 40.5 Å². The van der Waals surface area contributed by atoms with Crippen molar-refractivity contribution in [2.24, 2.45) is 5.92 Å². The van der Waals surface area contributed by atoms with Crippen molar-refractivity contribution in [3.05, 3.63) is 0 Å². The predicted octanol–water partition coefficient (Wildman–Crippen LogP) is 1.87. The quantitative estimate of drug-likeness (QED) is 0.667. The molecule has 0 aromatic rings. The molecule has 0 bridgehead atoms. The van der Waals surface area contributed by atoms with E-state index in [2.05, 4.69) is 26.1 Å². The van der Waals surface area contributed by atoms with Crippen LogP contribution in [0.15, 0.2) is 0 Å². The lowest BCUT2D eigenvalue weighted by atomic mass is 9.95. The molecule has 2 atom stereocenters. The smallest absolute Gasteiger partial charge is 0.320 e. The third kappa shape index (κ3) is 4.27. The number of nitrogens with one attached hydrogen (secondary N) is 1. The fraction of sp³-hybridized carbons (Fsp3) is 0.900. The predicted molar refractivity (Wildman–Crippen MR) is 53.8 cm³/mol. The molecule has 0 rings (SSSR count). The highest BCUT2D eigenvalue weighted by Gasteiger charge is 2.18. The van der Waals surface area contributed by atoms with Gasteiger partial charge in [-0.05, 0) is 19.8 Å². The number of carbonyl (C=O) groups is 1. The molecule has 3 nitrogen and oxygen atoms in total. The first-order valence-electron chi connectivity index (χ1n) is 5.01. The van der Waals surface area contributed by atoms with Crippen molar-refractivity contribution >= 4 is 5.97 Å². The van der Waals surface area contributed by atoms with Crippen molar-refractivity contribution in [1.29, 1.82) is 0 Å². The molecule has 2 N–H and O–H groups in total. The Morgan fingerprint density at radius 2 is 1.77 bits per heavy atom. The van der Waals surface area contributed by atoms with Crippen molar-refractivity contribution in [2.75, 3.05) is 0 Å². The van der Waals surface area contributed by atoms with Gasteiger partial charge in [0.2, 0.25) is 0 Å². The van der Waals surface area contributed by atoms with Gasteiger partial charge in [0, 0.05) is 6.04 Å². The zero-order valence-electron chi connectivity index (χ0n) is 9.00. The van der Waals surface area contributed by atoms with E-state index in [1.165, 1.54) is 0 Å². The van der Waals surface area contributed by atoms with Crippen LogP contribution in [0, 0.1) is 5.92 Å². The van der Waals surface area contributed by atoms with E-state index in [-0.39, 0.29) is 6.04 Å². The molecule has 3 heteroatoms. The maximum absolute atomic E-state index is 10.6. The van der Waals surface area contributed by atoms with Gasteiger partial charge in [-0.25, -0.2) is 0 Å². The third-order valence-corrected chi connectivity index (χ3v) is 2.64. The summed E-state index contributed by atoms with van der Waals surface area (Å²) in [5.41, 5.74) is 0. The van der Waals surface area contributed by atoms with E-state index in [1.54, 1.807) is 6.92 Å². The van der Waals surface area contributed by atoms with Crippen molar-refractivity contribution in [2.45, 2.75) is 52.6 Å². The summed E-state index contributed by atoms with van der Waals surface area (Å²) in [4.78, 5) is 10.6. The first kappa shape index (κ1) is 12.4. The molecule has 0 heterocycles. The molecular formula is C10H21NO2. The highest BCUT2D eigenvalue weighted by molar-refractivity contribution is 5.72. The van der Waals surface area contributed by atoms with Gasteiger partial charge in [0.1, 0.15) is 6.04 Å². The molecule has 13 heavy (non-hydrogen) atoms. The summed E-state index contributed by atoms with van der Waals surface area (Å²) in [6, 6.07) is -0.170. The number of carboxylic acids is 1. The van der Waals surface area contributed by atoms with E-state index in [9.17, 15) is 4.79 Å². The van der Waals surface area contributed by atoms with Gasteiger partial charge in [0.25, 0.3) is 0 Å². The average molecular weight is 187 g/mol. The number of hydrogen-bond acceptors (Lipinski definition) is 2. The van der Waals surface area contributed by atoms with Crippen LogP contribution in [0.5, 0.6) is 0 Å². The largest absolute Gasteiger partial charge is 0.480 e. The molecule has 0 amide bonds. The average Bonchev–Trinajstić information content (AvgIpc) is 2.06. The summed E-state index contributed by atoms with van der Waals surface area (Å²) >= 11 is 0. The molecule has 0 fully saturated rings. The van der Waals surface area contributed by atoms with Crippen LogP contribution >= 0.6 is 0 Å². The Bertz CT molecular complexity index is 155. The fourth-order valence-corrected chi connectivity index (χ4v) is 1.60. The van der Waals surface area contributed by atoms with Crippen molar-refractivity contribution in [1.82, 2.24) is 5.32 Å². The van der Waals surface area contributed by atoms with E-state index >= 15 is 0 Å². The third-order valence-electron chi connectivity index (χ3n) is 2.64. The van der Waals surface area contributed by atoms with Crippen molar-refractivity contribution in [3.63, 3.8) is 0 Å². The summed E-state index contributed by atoms with van der Waals surface area (Å²) in [7, 11) is 0. The second-order valence-corrected chi connectivity index (χ2v) is 3.59. The molecule has 0 saturated heterocycles. The van der Waals surface area contributed by atoms with Gasteiger partial charge in [-0.1, -0.05) is 26.7 Å². The Morgan fingerprint density at radius 3 is 2.08 bits per heavy atom. The Morgan fingerprint density at radius 1 is 1.31 bits per heavy atom. The minimum atomic E-state index is -0.780. The van der Waals surface area contributed by atoms with Gasteiger partial charge in [0.15, 0.2) is 0 Å². The lowest BCUT2D eigenvalue weighted by molar-refractivity contribution is -0.139. The van der Waals surface area contributed by atoms with Gasteiger partial charge in [-0.2, -0.15) is 0 Å². The van der Waals surface area contributed by atoms with Crippen LogP contribution < -0.4 is 5.32 Å². The first-order chi connectivity index (χ1) is 6.02. The van der Waals surface area contributed by atoms with Gasteiger partial charge in [0.05, 0.1) is 0 Å². The summed E-state index contributed by atoms with van der Waals surface area (Å²) < 4.78 is 0. The molecular weight excluding hydrogens is 166 g/mol. The lowest BCUT2D eigenvalue weighted by Gasteiger charge is -2.24. The Kier molecular flexibility index (Phi) is 5.71. The first-order valence-corrected chi connectivity index (χ1v) is 5.01. The van der Waals surface area contributed by atoms with E-state index in [0.29, 0.717) is 5.92 Å². The molecule has 78 valence electrons. The molecule has 0 aliphatic heterocycles. The number of rotatable bonds is 6. The van der Waals surface area contributed by atoms with Crippen LogP contribution in [-0.2, 0) is 4.79 Å². The molecule has 0 aliphatic carbocycles. The van der Waals surface area contributed by atoms with Gasteiger partial charge < -0.3 is 10.4 Å². The molecule has 0 aromatic heterocycles. The second kappa shape index (κ2) is 5.97. The summed E-state index contributed by atoms with van der Waals surface area (Å²) in [6.07, 6.45) is 2.19. The number of carboxylic acid groups (broad SMARTS) is 1. The van der Waals surface area contributed by atoms with Crippen LogP contribution in [0.4, 0.5) is 0 Å². The minimum Gasteiger partial charge on any atom is -0.480 e. The topological polar surface area (TPSA) is 49.3 Å². The Hall–Kier alpha value is -0.570. The summed E-state index contributed by atoms with van der Waals surface area (Å²) in [5, 5.41) is 11.8. The zero-order valence-corrected chi connectivity index (χ0v) is 9.00. The maximum atomic E-state index is 10.6. The van der Waals surface area contributed by atoms with E-state index in [1.807, 2.05) is 0 Å². The number of hydrogen-bond donors (Lipinski definition) is 2. The van der Waals surface area contributed by atoms with Crippen LogP contribution in [0.3, 0.4) is 0 Å². The van der Waals surface area contributed by atoms with Crippen LogP contribution in [-0.4, -0.2) is 23.2 Å². The molecule has 2 unspecified atom stereocenters. The highest BCUT2D eigenvalue weighted by Crippen LogP contribution is 2.12. The van der Waals surface area contributed by atoms with Gasteiger partial charge in [-0.3, -0.25) is 4.79 Å². The van der Waals surface area contributed by atoms with E-state index in [4.69, 9.17) is 5.11 Å². The van der Waals surface area contributed by atoms with Crippen molar-refractivity contribution in [3.8, 4) is 0 Å². The van der Waals surface area contributed by atoms with Crippen molar-refractivity contribution < 1.29 is 9.90 Å². The Balaban J connectivity index is 3.96. The Labute approximate surface area is 80.5 Å². The standard InChI is InChI=1S/C10H21NO2/c1-5-9(6-2)7(3)11-8(4)10(12)13/h7-9,11H,5-6H2,1-4H3,(H,12,13). The van der Waals surface area contributed by atoms with Gasteiger partial charge >= 0.3 is 5.97 Å². The second-order valence-electron chi connectivity index (χ2n) is 3.59. The lowest BCUT2D eigenvalue weighted by Crippen LogP contribution is -2.43. The van der Waals surface area contributed by atoms with Crippen LogP contribution in [0.25, 0.3) is 0 Å². The summed E-state index contributed by atoms with van der Waals surface area (Å²) in [6.45, 7) is 8.01. The van der Waals surface area contributed by atoms with E-state index in [0.717, 1.165) is 12.8 Å². The fourth-order valence-electron chi connectivity index (χ4n) is 1.60. The number of aliphatic carboxylic acids is 1. The zero-order chi connectivity index (χ0) is 10.4. The summed E-state index contributed by atoms with van der Waals surface area (Å²) in [5.74, 6) is -0.209. The van der Waals surface area contributed by atoms with E-state index < -0.39 is 12.0 Å². The molecule has 0 saturated carbocycles. The van der Waals surface area contributed by atoms with Gasteiger partial charge in [-0.15, -0.1) is 0 Å². The van der Waals surface area contributed by atoms with Crippen LogP contribution in [0.2, 0.25) is 0 Å². The molecule has 0 aromatic carbocycles. The molecule has 0 spiro atoms. The molecule has 0 radical (unpaired) electrons. The maximum Gasteiger partial charge on any atom is 0.320 e. The minimum absolute atomic E-state index is 0.279. The SMILES string of the molecule is CCC(CC)C(C)NC(C)C(=O)O.